The van der Waals surface area contributed by atoms with Crippen LogP contribution in [0.5, 0.6) is 0 Å². The standard InChI is InChI=1S/C19H33N/c1-4-5-6-7-8-9-10-19(16-20-3)15-18-13-11-17(2)12-14-18/h11-14,19-20H,4-10,15-16H2,1-3H3. The zero-order valence-corrected chi connectivity index (χ0v) is 13.8. The molecule has 1 unspecified atom stereocenters. The van der Waals surface area contributed by atoms with Crippen LogP contribution in [0, 0.1) is 12.8 Å². The first-order valence-corrected chi connectivity index (χ1v) is 8.46. The van der Waals surface area contributed by atoms with Crippen LogP contribution in [0.25, 0.3) is 0 Å². The summed E-state index contributed by atoms with van der Waals surface area (Å²) in [5, 5.41) is 3.36. The number of unbranched alkanes of at least 4 members (excludes halogenated alkanes) is 5. The molecule has 0 aliphatic rings. The third-order valence-corrected chi connectivity index (χ3v) is 4.10. The van der Waals surface area contributed by atoms with Crippen LogP contribution in [0.3, 0.4) is 0 Å². The van der Waals surface area contributed by atoms with Crippen molar-refractivity contribution in [3.63, 3.8) is 0 Å². The molecule has 1 aromatic carbocycles. The van der Waals surface area contributed by atoms with Crippen LogP contribution in [0.15, 0.2) is 24.3 Å². The van der Waals surface area contributed by atoms with E-state index in [0.717, 1.165) is 12.5 Å². The van der Waals surface area contributed by atoms with Crippen molar-refractivity contribution >= 4 is 0 Å². The fraction of sp³-hybridized carbons (Fsp3) is 0.684. The molecule has 0 aromatic heterocycles. The Bertz CT molecular complexity index is 328. The van der Waals surface area contributed by atoms with Gasteiger partial charge in [0.05, 0.1) is 0 Å². The smallest absolute Gasteiger partial charge is 0.00203 e. The second kappa shape index (κ2) is 10.9. The lowest BCUT2D eigenvalue weighted by Gasteiger charge is -2.16. The summed E-state index contributed by atoms with van der Waals surface area (Å²) in [7, 11) is 2.07. The van der Waals surface area contributed by atoms with E-state index in [1.54, 1.807) is 0 Å². The van der Waals surface area contributed by atoms with E-state index in [9.17, 15) is 0 Å². The Kier molecular flexibility index (Phi) is 9.40. The number of hydrogen-bond donors (Lipinski definition) is 1. The highest BCUT2D eigenvalue weighted by Gasteiger charge is 2.08. The predicted octanol–water partition coefficient (Wildman–Crippen LogP) is 5.12. The molecule has 0 amide bonds. The lowest BCUT2D eigenvalue weighted by molar-refractivity contribution is 0.432. The lowest BCUT2D eigenvalue weighted by atomic mass is 9.93. The van der Waals surface area contributed by atoms with Crippen LogP contribution in [0.4, 0.5) is 0 Å². The second-order valence-corrected chi connectivity index (χ2v) is 6.17. The number of rotatable bonds is 11. The molecule has 0 aliphatic carbocycles. The molecule has 0 heterocycles. The van der Waals surface area contributed by atoms with Crippen LogP contribution >= 0.6 is 0 Å². The van der Waals surface area contributed by atoms with E-state index in [4.69, 9.17) is 0 Å². The minimum atomic E-state index is 0.786. The molecule has 0 radical (unpaired) electrons. The fourth-order valence-corrected chi connectivity index (χ4v) is 2.84. The summed E-state index contributed by atoms with van der Waals surface area (Å²) in [6.45, 7) is 5.58. The Hall–Kier alpha value is -0.820. The Morgan fingerprint density at radius 1 is 0.950 bits per heavy atom. The van der Waals surface area contributed by atoms with Crippen LogP contribution in [0.1, 0.15) is 63.0 Å². The fourth-order valence-electron chi connectivity index (χ4n) is 2.84. The van der Waals surface area contributed by atoms with E-state index in [2.05, 4.69) is 50.5 Å². The monoisotopic (exact) mass is 275 g/mol. The topological polar surface area (TPSA) is 12.0 Å². The molecule has 20 heavy (non-hydrogen) atoms. The molecule has 1 N–H and O–H groups in total. The van der Waals surface area contributed by atoms with Crippen molar-refractivity contribution in [3.8, 4) is 0 Å². The molecular formula is C19H33N. The van der Waals surface area contributed by atoms with Crippen molar-refractivity contribution < 1.29 is 0 Å². The van der Waals surface area contributed by atoms with Gasteiger partial charge in [-0.1, -0.05) is 75.3 Å². The van der Waals surface area contributed by atoms with Crippen molar-refractivity contribution in [2.24, 2.45) is 5.92 Å². The van der Waals surface area contributed by atoms with Crippen LogP contribution in [-0.2, 0) is 6.42 Å². The summed E-state index contributed by atoms with van der Waals surface area (Å²) in [6, 6.07) is 9.05. The van der Waals surface area contributed by atoms with E-state index >= 15 is 0 Å². The highest BCUT2D eigenvalue weighted by Crippen LogP contribution is 2.17. The van der Waals surface area contributed by atoms with Crippen LogP contribution in [0.2, 0.25) is 0 Å². The van der Waals surface area contributed by atoms with Crippen molar-refractivity contribution in [3.05, 3.63) is 35.4 Å². The van der Waals surface area contributed by atoms with Gasteiger partial charge in [0.2, 0.25) is 0 Å². The summed E-state index contributed by atoms with van der Waals surface area (Å²) in [5.41, 5.74) is 2.84. The number of hydrogen-bond acceptors (Lipinski definition) is 1. The third kappa shape index (κ3) is 7.69. The van der Waals surface area contributed by atoms with Crippen molar-refractivity contribution in [2.75, 3.05) is 13.6 Å². The zero-order chi connectivity index (χ0) is 14.6. The van der Waals surface area contributed by atoms with E-state index in [0.29, 0.717) is 0 Å². The lowest BCUT2D eigenvalue weighted by Crippen LogP contribution is -2.20. The Morgan fingerprint density at radius 2 is 1.60 bits per heavy atom. The van der Waals surface area contributed by atoms with Crippen molar-refractivity contribution in [1.82, 2.24) is 5.32 Å². The summed E-state index contributed by atoms with van der Waals surface area (Å²) in [6.07, 6.45) is 11.0. The first-order valence-electron chi connectivity index (χ1n) is 8.46. The molecule has 114 valence electrons. The van der Waals surface area contributed by atoms with E-state index in [-0.39, 0.29) is 0 Å². The quantitative estimate of drug-likeness (QED) is 0.552. The molecule has 1 atom stereocenters. The molecule has 0 spiro atoms. The van der Waals surface area contributed by atoms with Gasteiger partial charge in [-0.25, -0.2) is 0 Å². The van der Waals surface area contributed by atoms with Gasteiger partial charge in [0.1, 0.15) is 0 Å². The van der Waals surface area contributed by atoms with Crippen LogP contribution < -0.4 is 5.32 Å². The molecule has 0 aliphatic heterocycles. The highest BCUT2D eigenvalue weighted by atomic mass is 14.8. The second-order valence-electron chi connectivity index (χ2n) is 6.17. The molecule has 0 saturated carbocycles. The Balaban J connectivity index is 2.27. The number of aryl methyl sites for hydroxylation is 1. The largest absolute Gasteiger partial charge is 0.319 e. The summed E-state index contributed by atoms with van der Waals surface area (Å²) in [4.78, 5) is 0. The molecule has 0 saturated heterocycles. The van der Waals surface area contributed by atoms with E-state index < -0.39 is 0 Å². The summed E-state index contributed by atoms with van der Waals surface area (Å²) < 4.78 is 0. The Morgan fingerprint density at radius 3 is 2.25 bits per heavy atom. The molecule has 1 heteroatoms. The first-order chi connectivity index (χ1) is 9.76. The summed E-state index contributed by atoms with van der Waals surface area (Å²) in [5.74, 6) is 0.786. The average molecular weight is 275 g/mol. The molecule has 1 rings (SSSR count). The van der Waals surface area contributed by atoms with Gasteiger partial charge in [0.25, 0.3) is 0 Å². The minimum absolute atomic E-state index is 0.786. The predicted molar refractivity (Wildman–Crippen MR) is 90.3 cm³/mol. The first kappa shape index (κ1) is 17.2. The zero-order valence-electron chi connectivity index (χ0n) is 13.8. The minimum Gasteiger partial charge on any atom is -0.319 e. The molecular weight excluding hydrogens is 242 g/mol. The van der Waals surface area contributed by atoms with Gasteiger partial charge in [0.15, 0.2) is 0 Å². The van der Waals surface area contributed by atoms with Gasteiger partial charge in [-0.15, -0.1) is 0 Å². The maximum absolute atomic E-state index is 3.36. The average Bonchev–Trinajstić information content (AvgIpc) is 2.45. The normalized spacial score (nSPS) is 12.6. The highest BCUT2D eigenvalue weighted by molar-refractivity contribution is 5.21. The molecule has 1 nitrogen and oxygen atoms in total. The van der Waals surface area contributed by atoms with Gasteiger partial charge in [-0.3, -0.25) is 0 Å². The third-order valence-electron chi connectivity index (χ3n) is 4.10. The molecule has 0 bridgehead atoms. The van der Waals surface area contributed by atoms with Gasteiger partial charge in [-0.2, -0.15) is 0 Å². The summed E-state index contributed by atoms with van der Waals surface area (Å²) >= 11 is 0. The number of nitrogens with one attached hydrogen (secondary N) is 1. The molecule has 0 fully saturated rings. The number of benzene rings is 1. The van der Waals surface area contributed by atoms with Crippen molar-refractivity contribution in [1.29, 1.82) is 0 Å². The maximum Gasteiger partial charge on any atom is -0.00203 e. The maximum atomic E-state index is 3.36. The van der Waals surface area contributed by atoms with Crippen LogP contribution in [-0.4, -0.2) is 13.6 Å². The van der Waals surface area contributed by atoms with Gasteiger partial charge >= 0.3 is 0 Å². The van der Waals surface area contributed by atoms with E-state index in [1.165, 1.54) is 62.5 Å². The van der Waals surface area contributed by atoms with Gasteiger partial charge < -0.3 is 5.32 Å². The molecule has 1 aromatic rings. The Labute approximate surface area is 126 Å². The SMILES string of the molecule is CCCCCCCCC(CNC)Cc1ccc(C)cc1. The van der Waals surface area contributed by atoms with Gasteiger partial charge in [-0.05, 0) is 44.8 Å². The van der Waals surface area contributed by atoms with Gasteiger partial charge in [0, 0.05) is 0 Å². The van der Waals surface area contributed by atoms with E-state index in [1.807, 2.05) is 0 Å². The van der Waals surface area contributed by atoms with Crippen molar-refractivity contribution in [2.45, 2.75) is 65.2 Å².